The Labute approximate surface area is 197 Å². The van der Waals surface area contributed by atoms with Gasteiger partial charge in [-0.25, -0.2) is 14.6 Å². The van der Waals surface area contributed by atoms with E-state index in [-0.39, 0.29) is 18.4 Å². The van der Waals surface area contributed by atoms with E-state index < -0.39 is 0 Å². The third-order valence-electron chi connectivity index (χ3n) is 6.08. The lowest BCUT2D eigenvalue weighted by molar-refractivity contribution is -0.119. The van der Waals surface area contributed by atoms with Crippen molar-refractivity contribution in [1.29, 1.82) is 0 Å². The van der Waals surface area contributed by atoms with Crippen LogP contribution in [0.15, 0.2) is 60.9 Å². The molecule has 1 aliphatic heterocycles. The summed E-state index contributed by atoms with van der Waals surface area (Å²) in [6.07, 6.45) is 3.37. The number of rotatable bonds is 7. The molecule has 0 amide bonds. The number of Topliss-reactive ketones (excluding diaryl/α,β-unsaturated/α-hetero) is 1. The maximum absolute atomic E-state index is 11.9. The number of benzene rings is 2. The number of carbonyl (C=O) groups is 1. The van der Waals surface area contributed by atoms with E-state index >= 15 is 0 Å². The van der Waals surface area contributed by atoms with Crippen LogP contribution >= 0.6 is 0 Å². The van der Waals surface area contributed by atoms with Crippen LogP contribution in [0.25, 0.3) is 22.3 Å². The van der Waals surface area contributed by atoms with Crippen molar-refractivity contribution in [2.24, 2.45) is 5.73 Å². The van der Waals surface area contributed by atoms with Crippen molar-refractivity contribution in [1.82, 2.24) is 24.6 Å². The Hall–Kier alpha value is -3.82. The monoisotopic (exact) mass is 457 g/mol. The van der Waals surface area contributed by atoms with Gasteiger partial charge in [-0.2, -0.15) is 5.10 Å². The molecular formula is C25H27N7O2. The molecule has 174 valence electrons. The minimum atomic E-state index is 0.0380. The lowest BCUT2D eigenvalue weighted by atomic mass is 10.1. The molecule has 1 fully saturated rings. The molecule has 0 bridgehead atoms. The topological polar surface area (TPSA) is 125 Å². The predicted molar refractivity (Wildman–Crippen MR) is 130 cm³/mol. The number of aromatic nitrogens is 4. The largest absolute Gasteiger partial charge is 0.457 e. The van der Waals surface area contributed by atoms with Crippen LogP contribution in [0.2, 0.25) is 0 Å². The van der Waals surface area contributed by atoms with Crippen molar-refractivity contribution < 1.29 is 9.53 Å². The second-order valence-corrected chi connectivity index (χ2v) is 8.46. The third kappa shape index (κ3) is 4.48. The fraction of sp³-hybridized carbons (Fsp3) is 0.280. The van der Waals surface area contributed by atoms with Crippen LogP contribution in [0, 0.1) is 0 Å². The summed E-state index contributed by atoms with van der Waals surface area (Å²) in [5.74, 6) is 1.94. The van der Waals surface area contributed by atoms with Gasteiger partial charge in [-0.15, -0.1) is 0 Å². The van der Waals surface area contributed by atoms with Gasteiger partial charge in [-0.1, -0.05) is 18.2 Å². The van der Waals surface area contributed by atoms with Crippen molar-refractivity contribution in [3.8, 4) is 22.8 Å². The fourth-order valence-corrected chi connectivity index (χ4v) is 4.45. The number of hydrogen-bond donors (Lipinski definition) is 2. The van der Waals surface area contributed by atoms with E-state index in [1.807, 2.05) is 59.3 Å². The predicted octanol–water partition coefficient (Wildman–Crippen LogP) is 3.03. The zero-order valence-electron chi connectivity index (χ0n) is 18.8. The molecule has 1 atom stereocenters. The van der Waals surface area contributed by atoms with Crippen molar-refractivity contribution in [2.75, 3.05) is 31.9 Å². The van der Waals surface area contributed by atoms with Crippen LogP contribution in [0.5, 0.6) is 11.5 Å². The normalized spacial score (nSPS) is 16.6. The standard InChI is InChI=1S/C25H27N7O2/c26-13-19(33)15-31-12-4-5-18(14-31)32-25-22(24(27)28-16-29-25)23(30-32)17-8-10-21(11-9-17)34-20-6-2-1-3-7-20/h1-3,6-11,16,18H,4-5,12-15,26H2,(H2,27,28,29)/t18-/m1/s1. The van der Waals surface area contributed by atoms with E-state index in [4.69, 9.17) is 21.3 Å². The molecule has 0 unspecified atom stereocenters. The van der Waals surface area contributed by atoms with Gasteiger partial charge in [0.2, 0.25) is 0 Å². The number of piperidine rings is 1. The third-order valence-corrected chi connectivity index (χ3v) is 6.08. The van der Waals surface area contributed by atoms with Crippen molar-refractivity contribution in [3.05, 3.63) is 60.9 Å². The Bertz CT molecular complexity index is 1290. The quantitative estimate of drug-likeness (QED) is 0.434. The van der Waals surface area contributed by atoms with Gasteiger partial charge in [0.15, 0.2) is 11.4 Å². The molecular weight excluding hydrogens is 430 g/mol. The molecule has 2 aromatic heterocycles. The first-order valence-electron chi connectivity index (χ1n) is 11.4. The van der Waals surface area contributed by atoms with Crippen LogP contribution in [-0.4, -0.2) is 56.6 Å². The number of carbonyl (C=O) groups excluding carboxylic acids is 1. The molecule has 1 saturated heterocycles. The van der Waals surface area contributed by atoms with Gasteiger partial charge in [-0.3, -0.25) is 9.69 Å². The molecule has 34 heavy (non-hydrogen) atoms. The van der Waals surface area contributed by atoms with Gasteiger partial charge in [0.05, 0.1) is 24.5 Å². The van der Waals surface area contributed by atoms with Gasteiger partial charge in [-0.05, 0) is 55.8 Å². The van der Waals surface area contributed by atoms with Crippen molar-refractivity contribution in [3.63, 3.8) is 0 Å². The van der Waals surface area contributed by atoms with Crippen LogP contribution in [-0.2, 0) is 4.79 Å². The number of ketones is 1. The Morgan fingerprint density at radius 1 is 1.06 bits per heavy atom. The van der Waals surface area contributed by atoms with Gasteiger partial charge in [0.1, 0.15) is 29.3 Å². The summed E-state index contributed by atoms with van der Waals surface area (Å²) >= 11 is 0. The molecule has 5 rings (SSSR count). The first kappa shape index (κ1) is 22.0. The summed E-state index contributed by atoms with van der Waals surface area (Å²) in [5, 5.41) is 5.68. The molecule has 0 spiro atoms. The average molecular weight is 458 g/mol. The summed E-state index contributed by atoms with van der Waals surface area (Å²) in [4.78, 5) is 22.7. The van der Waals surface area contributed by atoms with E-state index in [9.17, 15) is 4.79 Å². The lowest BCUT2D eigenvalue weighted by Gasteiger charge is -2.32. The Morgan fingerprint density at radius 3 is 2.59 bits per heavy atom. The number of nitrogen functional groups attached to an aromatic ring is 1. The fourth-order valence-electron chi connectivity index (χ4n) is 4.45. The minimum absolute atomic E-state index is 0.0380. The van der Waals surface area contributed by atoms with Crippen molar-refractivity contribution in [2.45, 2.75) is 18.9 Å². The smallest absolute Gasteiger partial charge is 0.164 e. The number of fused-ring (bicyclic) bond motifs is 1. The Balaban J connectivity index is 1.46. The summed E-state index contributed by atoms with van der Waals surface area (Å²) in [7, 11) is 0. The van der Waals surface area contributed by atoms with Gasteiger partial charge < -0.3 is 16.2 Å². The summed E-state index contributed by atoms with van der Waals surface area (Å²) < 4.78 is 7.86. The molecule has 9 heteroatoms. The van der Waals surface area contributed by atoms with Crippen LogP contribution in [0.3, 0.4) is 0 Å². The number of ether oxygens (including phenoxy) is 1. The number of nitrogens with two attached hydrogens (primary N) is 2. The lowest BCUT2D eigenvalue weighted by Crippen LogP contribution is -2.41. The first-order valence-corrected chi connectivity index (χ1v) is 11.4. The molecule has 4 N–H and O–H groups in total. The van der Waals surface area contributed by atoms with Crippen LogP contribution in [0.4, 0.5) is 5.82 Å². The number of anilines is 1. The highest BCUT2D eigenvalue weighted by Crippen LogP contribution is 2.34. The van der Waals surface area contributed by atoms with Gasteiger partial charge in [0.25, 0.3) is 0 Å². The molecule has 4 aromatic rings. The average Bonchev–Trinajstić information content (AvgIpc) is 3.26. The second kappa shape index (κ2) is 9.58. The zero-order chi connectivity index (χ0) is 23.5. The molecule has 1 aliphatic rings. The van der Waals surface area contributed by atoms with E-state index in [0.29, 0.717) is 24.6 Å². The Kier molecular flexibility index (Phi) is 6.20. The minimum Gasteiger partial charge on any atom is -0.457 e. The van der Waals surface area contributed by atoms with Crippen LogP contribution in [0.1, 0.15) is 18.9 Å². The molecule has 9 nitrogen and oxygen atoms in total. The maximum Gasteiger partial charge on any atom is 0.164 e. The molecule has 0 aliphatic carbocycles. The zero-order valence-corrected chi connectivity index (χ0v) is 18.8. The number of para-hydroxylation sites is 1. The van der Waals surface area contributed by atoms with Gasteiger partial charge in [0, 0.05) is 12.1 Å². The molecule has 3 heterocycles. The SMILES string of the molecule is NCC(=O)CN1CCC[C@@H](n2nc(-c3ccc(Oc4ccccc4)cc3)c3c(N)ncnc32)C1. The van der Waals surface area contributed by atoms with E-state index in [2.05, 4.69) is 14.9 Å². The highest BCUT2D eigenvalue weighted by atomic mass is 16.5. The van der Waals surface area contributed by atoms with Gasteiger partial charge >= 0.3 is 0 Å². The number of likely N-dealkylation sites (tertiary alicyclic amines) is 1. The highest BCUT2D eigenvalue weighted by molar-refractivity contribution is 5.98. The summed E-state index contributed by atoms with van der Waals surface area (Å²) in [6.45, 7) is 1.99. The van der Waals surface area contributed by atoms with E-state index in [1.54, 1.807) is 0 Å². The van der Waals surface area contributed by atoms with Crippen LogP contribution < -0.4 is 16.2 Å². The summed E-state index contributed by atoms with van der Waals surface area (Å²) in [6, 6.07) is 17.5. The number of nitrogens with zero attached hydrogens (tertiary/aromatic N) is 5. The summed E-state index contributed by atoms with van der Waals surface area (Å²) in [5.41, 5.74) is 14.1. The maximum atomic E-state index is 11.9. The second-order valence-electron chi connectivity index (χ2n) is 8.46. The first-order chi connectivity index (χ1) is 16.6. The molecule has 2 aromatic carbocycles. The molecule has 0 saturated carbocycles. The number of hydrogen-bond acceptors (Lipinski definition) is 8. The molecule has 0 radical (unpaired) electrons. The highest BCUT2D eigenvalue weighted by Gasteiger charge is 2.27. The van der Waals surface area contributed by atoms with Crippen molar-refractivity contribution >= 4 is 22.6 Å². The van der Waals surface area contributed by atoms with E-state index in [0.717, 1.165) is 47.5 Å². The Morgan fingerprint density at radius 2 is 1.82 bits per heavy atom. The van der Waals surface area contributed by atoms with E-state index in [1.165, 1.54) is 6.33 Å².